The summed E-state index contributed by atoms with van der Waals surface area (Å²) in [4.78, 5) is 13.9. The van der Waals surface area contributed by atoms with Crippen molar-refractivity contribution in [2.45, 2.75) is 19.1 Å². The quantitative estimate of drug-likeness (QED) is 0.532. The number of nitrogens with zero attached hydrogens (tertiary/aromatic N) is 1. The van der Waals surface area contributed by atoms with Crippen LogP contribution in [0.25, 0.3) is 0 Å². The second-order valence-electron chi connectivity index (χ2n) is 4.91. The lowest BCUT2D eigenvalue weighted by atomic mass is 10.1. The molecule has 24 heavy (non-hydrogen) atoms. The molecule has 4 nitrogen and oxygen atoms in total. The number of hydrogen-bond acceptors (Lipinski definition) is 5. The molecule has 0 saturated heterocycles. The lowest BCUT2D eigenvalue weighted by Gasteiger charge is -2.06. The number of halogens is 1. The van der Waals surface area contributed by atoms with E-state index < -0.39 is 6.09 Å². The number of ether oxygens (including phenoxy) is 1. The third kappa shape index (κ3) is 5.54. The van der Waals surface area contributed by atoms with Crippen molar-refractivity contribution in [3.8, 4) is 0 Å². The van der Waals surface area contributed by atoms with Crippen LogP contribution in [-0.4, -0.2) is 24.7 Å². The van der Waals surface area contributed by atoms with Crippen molar-refractivity contribution in [1.82, 2.24) is 5.43 Å². The zero-order valence-corrected chi connectivity index (χ0v) is 15.9. The summed E-state index contributed by atoms with van der Waals surface area (Å²) in [5, 5.41) is 4.93. The first-order chi connectivity index (χ1) is 11.6. The lowest BCUT2D eigenvalue weighted by Crippen LogP contribution is -2.21. The van der Waals surface area contributed by atoms with Crippen molar-refractivity contribution in [3.63, 3.8) is 0 Å². The molecule has 0 bridgehead atoms. The largest absolute Gasteiger partial charge is 0.448 e. The van der Waals surface area contributed by atoms with Gasteiger partial charge in [-0.2, -0.15) is 16.9 Å². The van der Waals surface area contributed by atoms with Gasteiger partial charge in [-0.05, 0) is 36.9 Å². The summed E-state index contributed by atoms with van der Waals surface area (Å²) >= 11 is 9.39. The molecule has 0 unspecified atom stereocenters. The average molecular weight is 383 g/mol. The topological polar surface area (TPSA) is 50.7 Å². The van der Waals surface area contributed by atoms with E-state index in [4.69, 9.17) is 16.3 Å². The number of amides is 1. The van der Waals surface area contributed by atoms with Crippen LogP contribution in [0.1, 0.15) is 28.7 Å². The highest BCUT2D eigenvalue weighted by molar-refractivity contribution is 7.97. The number of hydrazone groups is 1. The number of rotatable bonds is 7. The molecule has 0 spiro atoms. The molecule has 2 aromatic rings. The normalized spacial score (nSPS) is 11.4. The van der Waals surface area contributed by atoms with Crippen molar-refractivity contribution in [1.29, 1.82) is 0 Å². The predicted octanol–water partition coefficient (Wildman–Crippen LogP) is 5.15. The first-order valence-corrected chi connectivity index (χ1v) is 10.1. The maximum Gasteiger partial charge on any atom is 0.427 e. The van der Waals surface area contributed by atoms with Gasteiger partial charge in [0.25, 0.3) is 0 Å². The number of carbonyl (C=O) groups is 1. The SMILES string of the molecule is CCCOC(=O)NN=C(c1ccc(Cl)cc1)c1ccc(CSC)s1. The minimum atomic E-state index is -0.552. The van der Waals surface area contributed by atoms with E-state index in [1.54, 1.807) is 35.2 Å². The Morgan fingerprint density at radius 1 is 1.29 bits per heavy atom. The van der Waals surface area contributed by atoms with Crippen molar-refractivity contribution in [2.24, 2.45) is 5.10 Å². The highest BCUT2D eigenvalue weighted by atomic mass is 35.5. The molecule has 2 rings (SSSR count). The monoisotopic (exact) mass is 382 g/mol. The lowest BCUT2D eigenvalue weighted by molar-refractivity contribution is 0.146. The molecule has 1 aromatic carbocycles. The number of thioether (sulfide) groups is 1. The van der Waals surface area contributed by atoms with Gasteiger partial charge in [0, 0.05) is 21.2 Å². The summed E-state index contributed by atoms with van der Waals surface area (Å²) in [5.74, 6) is 0.949. The maximum atomic E-state index is 11.7. The Morgan fingerprint density at radius 2 is 2.04 bits per heavy atom. The van der Waals surface area contributed by atoms with Crippen LogP contribution in [0.5, 0.6) is 0 Å². The van der Waals surface area contributed by atoms with Crippen LogP contribution < -0.4 is 5.43 Å². The number of benzene rings is 1. The van der Waals surface area contributed by atoms with E-state index in [2.05, 4.69) is 22.8 Å². The van der Waals surface area contributed by atoms with Crippen LogP contribution in [-0.2, 0) is 10.5 Å². The summed E-state index contributed by atoms with van der Waals surface area (Å²) in [7, 11) is 0. The zero-order chi connectivity index (χ0) is 17.4. The van der Waals surface area contributed by atoms with Crippen molar-refractivity contribution in [3.05, 3.63) is 56.7 Å². The van der Waals surface area contributed by atoms with Crippen LogP contribution in [0.15, 0.2) is 41.5 Å². The Hall–Kier alpha value is -1.50. The van der Waals surface area contributed by atoms with Gasteiger partial charge in [0.2, 0.25) is 0 Å². The molecule has 1 amide bonds. The molecule has 0 radical (unpaired) electrons. The third-order valence-corrected chi connectivity index (χ3v) is 5.12. The van der Waals surface area contributed by atoms with Gasteiger partial charge in [-0.15, -0.1) is 11.3 Å². The van der Waals surface area contributed by atoms with Gasteiger partial charge in [0.1, 0.15) is 5.71 Å². The van der Waals surface area contributed by atoms with E-state index in [1.807, 2.05) is 25.1 Å². The summed E-state index contributed by atoms with van der Waals surface area (Å²) < 4.78 is 5.00. The molecule has 0 atom stereocenters. The van der Waals surface area contributed by atoms with Crippen molar-refractivity contribution in [2.75, 3.05) is 12.9 Å². The fraction of sp³-hybridized carbons (Fsp3) is 0.294. The van der Waals surface area contributed by atoms with Gasteiger partial charge >= 0.3 is 6.09 Å². The molecule has 128 valence electrons. The van der Waals surface area contributed by atoms with Crippen LogP contribution in [0.3, 0.4) is 0 Å². The van der Waals surface area contributed by atoms with Crippen molar-refractivity contribution < 1.29 is 9.53 Å². The molecule has 7 heteroatoms. The molecule has 0 saturated carbocycles. The Labute approximate surface area is 155 Å². The van der Waals surface area contributed by atoms with Gasteiger partial charge in [-0.3, -0.25) is 0 Å². The smallest absolute Gasteiger partial charge is 0.427 e. The fourth-order valence-electron chi connectivity index (χ4n) is 1.92. The van der Waals surface area contributed by atoms with Crippen LogP contribution in [0.4, 0.5) is 4.79 Å². The second-order valence-corrected chi connectivity index (χ2v) is 7.38. The van der Waals surface area contributed by atoms with Gasteiger partial charge < -0.3 is 4.74 Å². The molecule has 0 aliphatic carbocycles. The van der Waals surface area contributed by atoms with Crippen molar-refractivity contribution >= 4 is 46.5 Å². The van der Waals surface area contributed by atoms with Crippen LogP contribution in [0.2, 0.25) is 5.02 Å². The van der Waals surface area contributed by atoms with E-state index in [9.17, 15) is 4.79 Å². The van der Waals surface area contributed by atoms with Gasteiger partial charge in [-0.25, -0.2) is 10.2 Å². The Balaban J connectivity index is 2.26. The summed E-state index contributed by atoms with van der Waals surface area (Å²) in [5.41, 5.74) is 4.04. The van der Waals surface area contributed by atoms with Gasteiger partial charge in [0.05, 0.1) is 11.5 Å². The number of hydrogen-bond donors (Lipinski definition) is 1. The first kappa shape index (κ1) is 18.8. The van der Waals surface area contributed by atoms with E-state index in [-0.39, 0.29) is 0 Å². The zero-order valence-electron chi connectivity index (χ0n) is 13.5. The van der Waals surface area contributed by atoms with E-state index in [0.717, 1.165) is 22.6 Å². The highest BCUT2D eigenvalue weighted by Gasteiger charge is 2.12. The summed E-state index contributed by atoms with van der Waals surface area (Å²) in [6.45, 7) is 2.31. The molecule has 0 fully saturated rings. The third-order valence-electron chi connectivity index (χ3n) is 3.00. The van der Waals surface area contributed by atoms with Gasteiger partial charge in [-0.1, -0.05) is 30.7 Å². The molecule has 1 heterocycles. The molecule has 0 aliphatic rings. The molecular formula is C17H19ClN2O2S2. The Morgan fingerprint density at radius 3 is 2.71 bits per heavy atom. The molecule has 1 N–H and O–H groups in total. The highest BCUT2D eigenvalue weighted by Crippen LogP contribution is 2.24. The minimum Gasteiger partial charge on any atom is -0.448 e. The number of thiophene rings is 1. The predicted molar refractivity (Wildman–Crippen MR) is 103 cm³/mol. The van der Waals surface area contributed by atoms with Crippen LogP contribution >= 0.6 is 34.7 Å². The first-order valence-electron chi connectivity index (χ1n) is 7.48. The maximum absolute atomic E-state index is 11.7. The second kappa shape index (κ2) is 9.71. The van der Waals surface area contributed by atoms with E-state index >= 15 is 0 Å². The molecule has 0 aliphatic heterocycles. The minimum absolute atomic E-state index is 0.370. The standard InChI is InChI=1S/C17H19ClN2O2S2/c1-3-10-22-17(21)20-19-16(12-4-6-13(18)7-5-12)15-9-8-14(24-15)11-23-2/h4-9H,3,10-11H2,1-2H3,(H,20,21). The van der Waals surface area contributed by atoms with Crippen LogP contribution in [0, 0.1) is 0 Å². The Kier molecular flexibility index (Phi) is 7.62. The summed E-state index contributed by atoms with van der Waals surface area (Å²) in [6, 6.07) is 11.5. The summed E-state index contributed by atoms with van der Waals surface area (Å²) in [6.07, 6.45) is 2.28. The number of nitrogens with one attached hydrogen (secondary N) is 1. The average Bonchev–Trinajstić information content (AvgIpc) is 3.03. The Bertz CT molecular complexity index is 699. The molecule has 1 aromatic heterocycles. The number of carbonyl (C=O) groups excluding carboxylic acids is 1. The van der Waals surface area contributed by atoms with E-state index in [1.165, 1.54) is 4.88 Å². The molecular weight excluding hydrogens is 364 g/mol. The van der Waals surface area contributed by atoms with E-state index in [0.29, 0.717) is 17.3 Å². The fourth-order valence-corrected chi connectivity index (χ4v) is 3.83. The van der Waals surface area contributed by atoms with Gasteiger partial charge in [0.15, 0.2) is 0 Å².